The molecule has 0 saturated heterocycles. The molecule has 0 radical (unpaired) electrons. The predicted octanol–water partition coefficient (Wildman–Crippen LogP) is 0.206. The fourth-order valence-electron chi connectivity index (χ4n) is 1.30. The summed E-state index contributed by atoms with van der Waals surface area (Å²) in [6.45, 7) is 1.85. The molecular formula is C11H16N2O5S. The highest BCUT2D eigenvalue weighted by Crippen LogP contribution is 2.22. The van der Waals surface area contributed by atoms with Crippen LogP contribution < -0.4 is 10.5 Å². The van der Waals surface area contributed by atoms with Crippen molar-refractivity contribution in [3.63, 3.8) is 0 Å². The first kappa shape index (κ1) is 15.3. The van der Waals surface area contributed by atoms with Gasteiger partial charge in [0.2, 0.25) is 10.0 Å². The van der Waals surface area contributed by atoms with Crippen molar-refractivity contribution in [1.29, 1.82) is 0 Å². The van der Waals surface area contributed by atoms with Crippen molar-refractivity contribution < 1.29 is 23.1 Å². The van der Waals surface area contributed by atoms with E-state index in [1.54, 1.807) is 6.92 Å². The number of hydrogen-bond donors (Lipinski definition) is 3. The molecule has 0 amide bonds. The molecule has 19 heavy (non-hydrogen) atoms. The Balaban J connectivity index is 2.66. The zero-order valence-electron chi connectivity index (χ0n) is 10.4. The standard InChI is InChI=1S/C11H16N2O5S/c1-2-18-11(15)5-6-13-19(16,17)8-3-4-10(14)9(12)7-8/h3-4,7,13-14H,2,5-6,12H2,1H3. The van der Waals surface area contributed by atoms with Crippen LogP contribution in [0.15, 0.2) is 23.1 Å². The Morgan fingerprint density at radius 1 is 1.47 bits per heavy atom. The number of sulfonamides is 1. The van der Waals surface area contributed by atoms with Crippen LogP contribution in [0, 0.1) is 0 Å². The quantitative estimate of drug-likeness (QED) is 0.391. The maximum atomic E-state index is 11.8. The minimum Gasteiger partial charge on any atom is -0.506 e. The predicted molar refractivity (Wildman–Crippen MR) is 69.0 cm³/mol. The fourth-order valence-corrected chi connectivity index (χ4v) is 2.37. The SMILES string of the molecule is CCOC(=O)CCNS(=O)(=O)c1ccc(O)c(N)c1. The molecule has 8 heteroatoms. The monoisotopic (exact) mass is 288 g/mol. The Morgan fingerprint density at radius 3 is 2.74 bits per heavy atom. The van der Waals surface area contributed by atoms with Crippen LogP contribution in [0.5, 0.6) is 5.75 Å². The van der Waals surface area contributed by atoms with E-state index in [0.29, 0.717) is 0 Å². The molecule has 0 aromatic heterocycles. The average Bonchev–Trinajstić information content (AvgIpc) is 2.32. The summed E-state index contributed by atoms with van der Waals surface area (Å²) in [5.41, 5.74) is 5.38. The lowest BCUT2D eigenvalue weighted by Gasteiger charge is -2.07. The molecule has 0 fully saturated rings. The Labute approximate surface area is 111 Å². The highest BCUT2D eigenvalue weighted by atomic mass is 32.2. The van der Waals surface area contributed by atoms with Gasteiger partial charge in [-0.1, -0.05) is 0 Å². The van der Waals surface area contributed by atoms with Gasteiger partial charge in [0.15, 0.2) is 0 Å². The lowest BCUT2D eigenvalue weighted by atomic mass is 10.3. The third-order valence-corrected chi connectivity index (χ3v) is 3.69. The first-order valence-corrected chi connectivity index (χ1v) is 7.09. The van der Waals surface area contributed by atoms with E-state index in [4.69, 9.17) is 5.73 Å². The number of carbonyl (C=O) groups excluding carboxylic acids is 1. The van der Waals surface area contributed by atoms with Gasteiger partial charge in [-0.15, -0.1) is 0 Å². The highest BCUT2D eigenvalue weighted by Gasteiger charge is 2.15. The van der Waals surface area contributed by atoms with Gasteiger partial charge in [-0.3, -0.25) is 4.79 Å². The second-order valence-electron chi connectivity index (χ2n) is 3.67. The number of nitrogen functional groups attached to an aromatic ring is 1. The summed E-state index contributed by atoms with van der Waals surface area (Å²) >= 11 is 0. The van der Waals surface area contributed by atoms with E-state index in [2.05, 4.69) is 9.46 Å². The van der Waals surface area contributed by atoms with Crippen LogP contribution in [0.3, 0.4) is 0 Å². The summed E-state index contributed by atoms with van der Waals surface area (Å²) in [4.78, 5) is 11.0. The van der Waals surface area contributed by atoms with Crippen LogP contribution in [0.1, 0.15) is 13.3 Å². The molecular weight excluding hydrogens is 272 g/mol. The second kappa shape index (κ2) is 6.39. The van der Waals surface area contributed by atoms with Gasteiger partial charge in [-0.25, -0.2) is 13.1 Å². The zero-order chi connectivity index (χ0) is 14.5. The topological polar surface area (TPSA) is 119 Å². The number of ether oxygens (including phenoxy) is 1. The van der Waals surface area contributed by atoms with Crippen molar-refractivity contribution in [1.82, 2.24) is 4.72 Å². The van der Waals surface area contributed by atoms with Crippen molar-refractivity contribution in [3.8, 4) is 5.75 Å². The molecule has 0 aliphatic heterocycles. The summed E-state index contributed by atoms with van der Waals surface area (Å²) in [6.07, 6.45) is -0.0549. The van der Waals surface area contributed by atoms with Gasteiger partial charge < -0.3 is 15.6 Å². The molecule has 0 aliphatic carbocycles. The van der Waals surface area contributed by atoms with E-state index in [9.17, 15) is 18.3 Å². The second-order valence-corrected chi connectivity index (χ2v) is 5.44. The number of carbonyl (C=O) groups is 1. The summed E-state index contributed by atoms with van der Waals surface area (Å²) in [7, 11) is -3.76. The molecule has 1 aromatic rings. The lowest BCUT2D eigenvalue weighted by Crippen LogP contribution is -2.26. The molecule has 0 heterocycles. The first-order valence-electron chi connectivity index (χ1n) is 5.60. The molecule has 0 spiro atoms. The van der Waals surface area contributed by atoms with Crippen LogP contribution in [0.25, 0.3) is 0 Å². The number of nitrogens with two attached hydrogens (primary N) is 1. The third kappa shape index (κ3) is 4.42. The van der Waals surface area contributed by atoms with Crippen LogP contribution in [-0.4, -0.2) is 32.6 Å². The zero-order valence-corrected chi connectivity index (χ0v) is 11.2. The summed E-state index contributed by atoms with van der Waals surface area (Å²) in [5.74, 6) is -0.666. The number of aromatic hydroxyl groups is 1. The van der Waals surface area contributed by atoms with Gasteiger partial charge in [0.25, 0.3) is 0 Å². The van der Waals surface area contributed by atoms with Gasteiger partial charge in [0.05, 0.1) is 23.6 Å². The molecule has 1 rings (SSSR count). The maximum Gasteiger partial charge on any atom is 0.307 e. The smallest absolute Gasteiger partial charge is 0.307 e. The molecule has 0 atom stereocenters. The van der Waals surface area contributed by atoms with Gasteiger partial charge in [-0.05, 0) is 25.1 Å². The summed E-state index contributed by atoms with van der Waals surface area (Å²) in [6, 6.07) is 3.55. The number of hydrogen-bond acceptors (Lipinski definition) is 6. The van der Waals surface area contributed by atoms with Gasteiger partial charge >= 0.3 is 5.97 Å². The molecule has 0 unspecified atom stereocenters. The van der Waals surface area contributed by atoms with Gasteiger partial charge in [0, 0.05) is 6.54 Å². The number of esters is 1. The Kier molecular flexibility index (Phi) is 5.13. The van der Waals surface area contributed by atoms with Gasteiger partial charge in [0.1, 0.15) is 5.75 Å². The van der Waals surface area contributed by atoms with Crippen LogP contribution in [0.4, 0.5) is 5.69 Å². The average molecular weight is 288 g/mol. The lowest BCUT2D eigenvalue weighted by molar-refractivity contribution is -0.142. The third-order valence-electron chi connectivity index (χ3n) is 2.24. The summed E-state index contributed by atoms with van der Waals surface area (Å²) < 4.78 is 30.6. The molecule has 106 valence electrons. The number of nitrogens with one attached hydrogen (secondary N) is 1. The van der Waals surface area contributed by atoms with Crippen LogP contribution in [0.2, 0.25) is 0 Å². The van der Waals surface area contributed by atoms with E-state index in [0.717, 1.165) is 6.07 Å². The molecule has 1 aromatic carbocycles. The van der Waals surface area contributed by atoms with E-state index >= 15 is 0 Å². The number of phenols is 1. The van der Waals surface area contributed by atoms with Crippen molar-refractivity contribution >= 4 is 21.7 Å². The number of phenolic OH excluding ortho intramolecular Hbond substituents is 1. The van der Waals surface area contributed by atoms with Crippen molar-refractivity contribution in [2.45, 2.75) is 18.2 Å². The molecule has 0 aliphatic rings. The Bertz CT molecular complexity index is 556. The number of benzene rings is 1. The Morgan fingerprint density at radius 2 is 2.16 bits per heavy atom. The van der Waals surface area contributed by atoms with Crippen molar-refractivity contribution in [3.05, 3.63) is 18.2 Å². The van der Waals surface area contributed by atoms with E-state index in [1.165, 1.54) is 12.1 Å². The van der Waals surface area contributed by atoms with Crippen molar-refractivity contribution in [2.75, 3.05) is 18.9 Å². The summed E-state index contributed by atoms with van der Waals surface area (Å²) in [5, 5.41) is 9.22. The van der Waals surface area contributed by atoms with Gasteiger partial charge in [-0.2, -0.15) is 0 Å². The van der Waals surface area contributed by atoms with E-state index < -0.39 is 16.0 Å². The molecule has 4 N–H and O–H groups in total. The Hall–Kier alpha value is -1.80. The van der Waals surface area contributed by atoms with Crippen LogP contribution >= 0.6 is 0 Å². The van der Waals surface area contributed by atoms with Crippen molar-refractivity contribution in [2.24, 2.45) is 0 Å². The molecule has 7 nitrogen and oxygen atoms in total. The van der Waals surface area contributed by atoms with E-state index in [-0.39, 0.29) is 35.9 Å². The first-order chi connectivity index (χ1) is 8.86. The normalized spacial score (nSPS) is 11.2. The fraction of sp³-hybridized carbons (Fsp3) is 0.364. The largest absolute Gasteiger partial charge is 0.506 e. The number of anilines is 1. The van der Waals surface area contributed by atoms with Crippen LogP contribution in [-0.2, 0) is 19.6 Å². The van der Waals surface area contributed by atoms with E-state index in [1.807, 2.05) is 0 Å². The molecule has 0 bridgehead atoms. The maximum absolute atomic E-state index is 11.8. The molecule has 0 saturated carbocycles. The number of rotatable bonds is 6. The highest BCUT2D eigenvalue weighted by molar-refractivity contribution is 7.89. The minimum atomic E-state index is -3.76. The minimum absolute atomic E-state index is 0.0340.